The molecule has 0 radical (unpaired) electrons. The van der Waals surface area contributed by atoms with Gasteiger partial charge in [-0.15, -0.1) is 0 Å². The van der Waals surface area contributed by atoms with Crippen LogP contribution in [0.3, 0.4) is 0 Å². The third kappa shape index (κ3) is 1.37. The summed E-state index contributed by atoms with van der Waals surface area (Å²) in [5, 5.41) is 0. The van der Waals surface area contributed by atoms with E-state index in [-0.39, 0.29) is 0 Å². The molecule has 0 N–H and O–H groups in total. The van der Waals surface area contributed by atoms with Gasteiger partial charge >= 0.3 is 0 Å². The molecule has 1 aliphatic heterocycles. The number of halogens is 2. The third-order valence-corrected chi connectivity index (χ3v) is 3.49. The van der Waals surface area contributed by atoms with Gasteiger partial charge < -0.3 is 0 Å². The lowest BCUT2D eigenvalue weighted by atomic mass is 10.1. The van der Waals surface area contributed by atoms with Crippen molar-refractivity contribution in [2.75, 3.05) is 11.5 Å². The maximum atomic E-state index is 12.1. The van der Waals surface area contributed by atoms with Gasteiger partial charge in [-0.25, -0.2) is 22.0 Å². The molecule has 0 saturated carbocycles. The molecular formula is C5H5F2NO3S. The number of hydrogen-bond acceptors (Lipinski definition) is 4. The maximum Gasteiger partial charge on any atom is 0.266 e. The van der Waals surface area contributed by atoms with E-state index in [0.717, 1.165) is 6.08 Å². The van der Waals surface area contributed by atoms with Crippen molar-refractivity contribution in [2.45, 2.75) is 12.0 Å². The Morgan fingerprint density at radius 1 is 1.42 bits per heavy atom. The predicted octanol–water partition coefficient (Wildman–Crippen LogP) is -0.245. The van der Waals surface area contributed by atoms with Crippen molar-refractivity contribution in [2.24, 2.45) is 4.99 Å². The smallest absolute Gasteiger partial charge is 0.229 e. The second-order valence-electron chi connectivity index (χ2n) is 2.64. The first-order valence-electron chi connectivity index (χ1n) is 2.99. The number of alkyl halides is 2. The van der Waals surface area contributed by atoms with Crippen molar-refractivity contribution in [1.29, 1.82) is 0 Å². The van der Waals surface area contributed by atoms with Gasteiger partial charge in [-0.05, 0) is 0 Å². The number of hydrogen-bond donors (Lipinski definition) is 0. The fourth-order valence-electron chi connectivity index (χ4n) is 1.05. The molecule has 4 nitrogen and oxygen atoms in total. The molecule has 1 fully saturated rings. The standard InChI is InChI=1S/C5H5F2NO3S/c6-4(7)5(8-3-9)1-12(10,11)2-5/h4H,1-2H2. The molecule has 0 atom stereocenters. The van der Waals surface area contributed by atoms with Crippen molar-refractivity contribution < 1.29 is 22.0 Å². The van der Waals surface area contributed by atoms with Crippen LogP contribution in [0.4, 0.5) is 8.78 Å². The highest BCUT2D eigenvalue weighted by Crippen LogP contribution is 2.33. The maximum absolute atomic E-state index is 12.1. The van der Waals surface area contributed by atoms with Crippen LogP contribution in [-0.4, -0.2) is 38.0 Å². The average molecular weight is 197 g/mol. The Bertz CT molecular complexity index is 319. The largest absolute Gasteiger partial charge is 0.266 e. The molecule has 7 heteroatoms. The minimum Gasteiger partial charge on any atom is -0.229 e. The summed E-state index contributed by atoms with van der Waals surface area (Å²) in [6.45, 7) is 0. The van der Waals surface area contributed by atoms with Crippen LogP contribution in [0.15, 0.2) is 4.99 Å². The minimum atomic E-state index is -3.41. The van der Waals surface area contributed by atoms with Crippen LogP contribution in [0.25, 0.3) is 0 Å². The molecule has 0 aliphatic carbocycles. The second kappa shape index (κ2) is 2.60. The zero-order chi connectivity index (χ0) is 9.41. The van der Waals surface area contributed by atoms with E-state index >= 15 is 0 Å². The van der Waals surface area contributed by atoms with Crippen LogP contribution >= 0.6 is 0 Å². The lowest BCUT2D eigenvalue weighted by Gasteiger charge is -2.34. The van der Waals surface area contributed by atoms with Crippen LogP contribution in [0.5, 0.6) is 0 Å². The SMILES string of the molecule is O=C=NC1(C(F)F)CS(=O)(=O)C1. The van der Waals surface area contributed by atoms with Gasteiger partial charge in [0.15, 0.2) is 15.4 Å². The molecule has 1 heterocycles. The first kappa shape index (κ1) is 9.28. The molecule has 0 aromatic rings. The minimum absolute atomic E-state index is 0.757. The summed E-state index contributed by atoms with van der Waals surface area (Å²) in [4.78, 5) is 12.5. The van der Waals surface area contributed by atoms with Gasteiger partial charge in [0.2, 0.25) is 6.08 Å². The zero-order valence-corrected chi connectivity index (χ0v) is 6.64. The molecule has 1 aliphatic rings. The summed E-state index contributed by atoms with van der Waals surface area (Å²) in [5.74, 6) is -1.51. The zero-order valence-electron chi connectivity index (χ0n) is 5.83. The molecule has 0 spiro atoms. The van der Waals surface area contributed by atoms with Gasteiger partial charge in [0.1, 0.15) is 0 Å². The van der Waals surface area contributed by atoms with E-state index in [1.54, 1.807) is 0 Å². The van der Waals surface area contributed by atoms with Gasteiger partial charge in [-0.1, -0.05) is 0 Å². The predicted molar refractivity (Wildman–Crippen MR) is 35.5 cm³/mol. The molecule has 1 rings (SSSR count). The van der Waals surface area contributed by atoms with Gasteiger partial charge in [-0.2, -0.15) is 4.99 Å². The van der Waals surface area contributed by atoms with Crippen LogP contribution in [0.2, 0.25) is 0 Å². The van der Waals surface area contributed by atoms with E-state index in [9.17, 15) is 22.0 Å². The quantitative estimate of drug-likeness (QED) is 0.453. The monoisotopic (exact) mass is 197 g/mol. The fourth-order valence-corrected chi connectivity index (χ4v) is 2.87. The highest BCUT2D eigenvalue weighted by molar-refractivity contribution is 7.93. The van der Waals surface area contributed by atoms with Crippen molar-refractivity contribution in [3.8, 4) is 0 Å². The van der Waals surface area contributed by atoms with Crippen molar-refractivity contribution in [1.82, 2.24) is 0 Å². The molecule has 68 valence electrons. The molecule has 0 bridgehead atoms. The summed E-state index contributed by atoms with van der Waals surface area (Å²) < 4.78 is 45.4. The Morgan fingerprint density at radius 3 is 2.17 bits per heavy atom. The van der Waals surface area contributed by atoms with E-state index in [0.29, 0.717) is 0 Å². The normalized spacial score (nSPS) is 24.2. The van der Waals surface area contributed by atoms with Crippen LogP contribution in [-0.2, 0) is 14.6 Å². The Morgan fingerprint density at radius 2 is 1.92 bits per heavy atom. The van der Waals surface area contributed by atoms with Crippen molar-refractivity contribution >= 4 is 15.9 Å². The third-order valence-electron chi connectivity index (χ3n) is 1.61. The number of aliphatic imine (C=N–C) groups is 1. The Labute approximate surface area is 67.2 Å². The number of isocyanates is 1. The van der Waals surface area contributed by atoms with Gasteiger partial charge in [0, 0.05) is 0 Å². The summed E-state index contributed by atoms with van der Waals surface area (Å²) in [5.41, 5.74) is -2.01. The second-order valence-corrected chi connectivity index (χ2v) is 4.70. The van der Waals surface area contributed by atoms with E-state index in [1.165, 1.54) is 0 Å². The van der Waals surface area contributed by atoms with Gasteiger partial charge in [0.25, 0.3) is 6.43 Å². The summed E-state index contributed by atoms with van der Waals surface area (Å²) >= 11 is 0. The molecule has 12 heavy (non-hydrogen) atoms. The van der Waals surface area contributed by atoms with Gasteiger partial charge in [-0.3, -0.25) is 0 Å². The number of sulfone groups is 1. The van der Waals surface area contributed by atoms with E-state index < -0.39 is 33.3 Å². The van der Waals surface area contributed by atoms with Crippen molar-refractivity contribution in [3.63, 3.8) is 0 Å². The highest BCUT2D eigenvalue weighted by atomic mass is 32.2. The van der Waals surface area contributed by atoms with E-state index in [4.69, 9.17) is 0 Å². The lowest BCUT2D eigenvalue weighted by Crippen LogP contribution is -2.58. The molecule has 1 saturated heterocycles. The fraction of sp³-hybridized carbons (Fsp3) is 0.800. The summed E-state index contributed by atoms with van der Waals surface area (Å²) in [7, 11) is -3.41. The van der Waals surface area contributed by atoms with Gasteiger partial charge in [0.05, 0.1) is 11.5 Å². The number of nitrogens with zero attached hydrogens (tertiary/aromatic N) is 1. The highest BCUT2D eigenvalue weighted by Gasteiger charge is 2.55. The molecule has 0 unspecified atom stereocenters. The molecule has 0 aromatic heterocycles. The van der Waals surface area contributed by atoms with Crippen LogP contribution in [0.1, 0.15) is 0 Å². The van der Waals surface area contributed by atoms with E-state index in [1.807, 2.05) is 0 Å². The Balaban J connectivity index is 2.89. The number of rotatable bonds is 2. The summed E-state index contributed by atoms with van der Waals surface area (Å²) in [6, 6.07) is 0. The van der Waals surface area contributed by atoms with Crippen molar-refractivity contribution in [3.05, 3.63) is 0 Å². The Hall–Kier alpha value is -0.810. The van der Waals surface area contributed by atoms with Crippen LogP contribution in [0, 0.1) is 0 Å². The first-order chi connectivity index (χ1) is 5.42. The molecule has 0 aromatic carbocycles. The molecular weight excluding hydrogens is 192 g/mol. The number of carbonyl (C=O) groups excluding carboxylic acids is 1. The average Bonchev–Trinajstić information content (AvgIpc) is 1.83. The van der Waals surface area contributed by atoms with E-state index in [2.05, 4.69) is 4.99 Å². The molecule has 0 amide bonds. The lowest BCUT2D eigenvalue weighted by molar-refractivity contribution is 0.0707. The Kier molecular flexibility index (Phi) is 2.01. The van der Waals surface area contributed by atoms with Crippen LogP contribution < -0.4 is 0 Å². The topological polar surface area (TPSA) is 63.6 Å². The first-order valence-corrected chi connectivity index (χ1v) is 4.82. The summed E-state index contributed by atoms with van der Waals surface area (Å²) in [6.07, 6.45) is -1.97.